The molecule has 1 aliphatic carbocycles. The molecule has 5 rings (SSSR count). The quantitative estimate of drug-likeness (QED) is 0.692. The summed E-state index contributed by atoms with van der Waals surface area (Å²) in [6.07, 6.45) is 1.61. The van der Waals surface area contributed by atoms with E-state index in [2.05, 4.69) is 10.2 Å². The predicted molar refractivity (Wildman–Crippen MR) is 110 cm³/mol. The number of H-pyrrole nitrogens is 1. The lowest BCUT2D eigenvalue weighted by Crippen LogP contribution is -2.36. The molecule has 0 bridgehead atoms. The summed E-state index contributed by atoms with van der Waals surface area (Å²) in [5.74, 6) is 2.41. The van der Waals surface area contributed by atoms with Gasteiger partial charge in [-0.3, -0.25) is 9.89 Å². The Morgan fingerprint density at radius 3 is 2.77 bits per heavy atom. The number of aromatic amines is 1. The van der Waals surface area contributed by atoms with Crippen LogP contribution in [-0.2, 0) is 5.60 Å². The van der Waals surface area contributed by atoms with E-state index in [0.29, 0.717) is 36.7 Å². The maximum Gasteiger partial charge on any atom is 0.274 e. The number of hydrogen-bond donors (Lipinski definition) is 2. The number of aliphatic hydroxyl groups is 1. The third kappa shape index (κ3) is 3.01. The van der Waals surface area contributed by atoms with Crippen LogP contribution in [0.5, 0.6) is 5.75 Å². The Bertz CT molecular complexity index is 1070. The fourth-order valence-corrected chi connectivity index (χ4v) is 5.00. The van der Waals surface area contributed by atoms with Gasteiger partial charge in [0.2, 0.25) is 0 Å². The number of aryl methyl sites for hydroxylation is 1. The van der Waals surface area contributed by atoms with Gasteiger partial charge < -0.3 is 19.2 Å². The highest BCUT2D eigenvalue weighted by Crippen LogP contribution is 2.50. The highest BCUT2D eigenvalue weighted by Gasteiger charge is 2.53. The average Bonchev–Trinajstić information content (AvgIpc) is 3.53. The molecule has 1 aliphatic heterocycles. The van der Waals surface area contributed by atoms with Gasteiger partial charge in [-0.15, -0.1) is 0 Å². The van der Waals surface area contributed by atoms with Crippen molar-refractivity contribution in [3.63, 3.8) is 0 Å². The minimum atomic E-state index is -0.922. The molecule has 30 heavy (non-hydrogen) atoms. The smallest absolute Gasteiger partial charge is 0.274 e. The first-order valence-corrected chi connectivity index (χ1v) is 10.3. The van der Waals surface area contributed by atoms with E-state index in [1.54, 1.807) is 13.2 Å². The average molecular weight is 407 g/mol. The second kappa shape index (κ2) is 7.02. The predicted octanol–water partition coefficient (Wildman–Crippen LogP) is 3.36. The zero-order chi connectivity index (χ0) is 20.9. The molecule has 0 radical (unpaired) electrons. The SMILES string of the molecule is COc1ccc([C@@]2(O)CC[C@@H]3CN(C(=O)c4cc(-c5ccc(C)o5)[nH]n4)C[C@@H]32)cc1. The van der Waals surface area contributed by atoms with Crippen LogP contribution in [0.1, 0.15) is 34.7 Å². The molecular formula is C23H25N3O4. The van der Waals surface area contributed by atoms with Gasteiger partial charge in [-0.1, -0.05) is 12.1 Å². The summed E-state index contributed by atoms with van der Waals surface area (Å²) in [6.45, 7) is 3.04. The van der Waals surface area contributed by atoms with Crippen molar-refractivity contribution in [1.82, 2.24) is 15.1 Å². The van der Waals surface area contributed by atoms with Gasteiger partial charge in [0.05, 0.1) is 12.7 Å². The van der Waals surface area contributed by atoms with E-state index in [4.69, 9.17) is 9.15 Å². The summed E-state index contributed by atoms with van der Waals surface area (Å²) >= 11 is 0. The zero-order valence-electron chi connectivity index (χ0n) is 17.1. The van der Waals surface area contributed by atoms with Gasteiger partial charge in [0.1, 0.15) is 17.2 Å². The summed E-state index contributed by atoms with van der Waals surface area (Å²) in [5, 5.41) is 18.6. The Kier molecular flexibility index (Phi) is 4.43. The van der Waals surface area contributed by atoms with E-state index in [1.165, 1.54) is 0 Å². The van der Waals surface area contributed by atoms with Crippen LogP contribution >= 0.6 is 0 Å². The molecule has 2 N–H and O–H groups in total. The fourth-order valence-electron chi connectivity index (χ4n) is 5.00. The molecule has 2 fully saturated rings. The lowest BCUT2D eigenvalue weighted by molar-refractivity contribution is -0.00594. The summed E-state index contributed by atoms with van der Waals surface area (Å²) in [5.41, 5.74) is 1.02. The van der Waals surface area contributed by atoms with E-state index in [9.17, 15) is 9.90 Å². The number of carbonyl (C=O) groups excluding carboxylic acids is 1. The number of nitrogens with one attached hydrogen (secondary N) is 1. The van der Waals surface area contributed by atoms with Crippen molar-refractivity contribution in [2.45, 2.75) is 25.4 Å². The third-order valence-electron chi connectivity index (χ3n) is 6.63. The molecule has 1 saturated carbocycles. The van der Waals surface area contributed by atoms with Crippen LogP contribution in [0.25, 0.3) is 11.5 Å². The first-order chi connectivity index (χ1) is 14.5. The molecule has 1 aromatic carbocycles. The number of amides is 1. The number of furan rings is 1. The lowest BCUT2D eigenvalue weighted by atomic mass is 9.82. The van der Waals surface area contributed by atoms with Crippen molar-refractivity contribution in [2.24, 2.45) is 11.8 Å². The molecule has 3 aromatic rings. The van der Waals surface area contributed by atoms with Gasteiger partial charge >= 0.3 is 0 Å². The molecule has 7 nitrogen and oxygen atoms in total. The Balaban J connectivity index is 1.34. The van der Waals surface area contributed by atoms with Gasteiger partial charge in [0, 0.05) is 25.1 Å². The van der Waals surface area contributed by atoms with Gasteiger partial charge in [-0.25, -0.2) is 0 Å². The van der Waals surface area contributed by atoms with E-state index in [0.717, 1.165) is 23.5 Å². The maximum atomic E-state index is 13.1. The number of hydrogen-bond acceptors (Lipinski definition) is 5. The van der Waals surface area contributed by atoms with Crippen molar-refractivity contribution < 1.29 is 19.1 Å². The largest absolute Gasteiger partial charge is 0.497 e. The molecule has 2 aromatic heterocycles. The maximum absolute atomic E-state index is 13.1. The van der Waals surface area contributed by atoms with E-state index < -0.39 is 5.60 Å². The van der Waals surface area contributed by atoms with Crippen molar-refractivity contribution in [3.8, 4) is 17.2 Å². The molecule has 0 spiro atoms. The lowest BCUT2D eigenvalue weighted by Gasteiger charge is -2.30. The number of aromatic nitrogens is 2. The van der Waals surface area contributed by atoms with Gasteiger partial charge in [0.15, 0.2) is 11.5 Å². The van der Waals surface area contributed by atoms with Gasteiger partial charge in [-0.05, 0) is 55.5 Å². The minimum absolute atomic E-state index is 0.0148. The molecule has 3 heterocycles. The summed E-state index contributed by atoms with van der Waals surface area (Å²) < 4.78 is 10.8. The second-order valence-electron chi connectivity index (χ2n) is 8.35. The van der Waals surface area contributed by atoms with Crippen LogP contribution in [-0.4, -0.2) is 46.3 Å². The molecule has 0 unspecified atom stereocenters. The topological polar surface area (TPSA) is 91.6 Å². The third-order valence-corrected chi connectivity index (χ3v) is 6.63. The van der Waals surface area contributed by atoms with E-state index in [1.807, 2.05) is 48.2 Å². The van der Waals surface area contributed by atoms with Crippen molar-refractivity contribution in [3.05, 3.63) is 59.5 Å². The van der Waals surface area contributed by atoms with E-state index >= 15 is 0 Å². The number of nitrogens with zero attached hydrogens (tertiary/aromatic N) is 2. The number of carbonyl (C=O) groups is 1. The Labute approximate surface area is 174 Å². The number of benzene rings is 1. The van der Waals surface area contributed by atoms with Crippen LogP contribution in [0.4, 0.5) is 0 Å². The van der Waals surface area contributed by atoms with Crippen LogP contribution in [0, 0.1) is 18.8 Å². The number of rotatable bonds is 4. The molecule has 1 saturated heterocycles. The Morgan fingerprint density at radius 1 is 1.27 bits per heavy atom. The monoisotopic (exact) mass is 407 g/mol. The molecule has 2 aliphatic rings. The van der Waals surface area contributed by atoms with Gasteiger partial charge in [-0.2, -0.15) is 5.10 Å². The Hall–Kier alpha value is -3.06. The molecule has 1 amide bonds. The van der Waals surface area contributed by atoms with Crippen molar-refractivity contribution in [1.29, 1.82) is 0 Å². The van der Waals surface area contributed by atoms with E-state index in [-0.39, 0.29) is 17.7 Å². The second-order valence-corrected chi connectivity index (χ2v) is 8.35. The minimum Gasteiger partial charge on any atom is -0.497 e. The summed E-state index contributed by atoms with van der Waals surface area (Å²) in [7, 11) is 1.63. The van der Waals surface area contributed by atoms with Crippen LogP contribution in [0.2, 0.25) is 0 Å². The Morgan fingerprint density at radius 2 is 2.07 bits per heavy atom. The number of methoxy groups -OCH3 is 1. The highest BCUT2D eigenvalue weighted by atomic mass is 16.5. The normalized spacial score (nSPS) is 25.5. The highest BCUT2D eigenvalue weighted by molar-refractivity contribution is 5.93. The fraction of sp³-hybridized carbons (Fsp3) is 0.391. The van der Waals surface area contributed by atoms with Crippen molar-refractivity contribution >= 4 is 5.91 Å². The van der Waals surface area contributed by atoms with Crippen LogP contribution in [0.3, 0.4) is 0 Å². The standard InChI is InChI=1S/C23H25N3O4/c1-14-3-8-21(30-14)19-11-20(25-24-19)22(27)26-12-15-9-10-23(28,18(15)13-26)16-4-6-17(29-2)7-5-16/h3-8,11,15,18,28H,9-10,12-13H2,1-2H3,(H,24,25)/t15-,18+,23+/m1/s1. The number of fused-ring (bicyclic) bond motifs is 1. The molecule has 156 valence electrons. The summed E-state index contributed by atoms with van der Waals surface area (Å²) in [6, 6.07) is 13.1. The first kappa shape index (κ1) is 18.9. The van der Waals surface area contributed by atoms with Crippen LogP contribution in [0.15, 0.2) is 46.9 Å². The van der Waals surface area contributed by atoms with Crippen LogP contribution < -0.4 is 4.74 Å². The molecule has 3 atom stereocenters. The van der Waals surface area contributed by atoms with Crippen molar-refractivity contribution in [2.75, 3.05) is 20.2 Å². The summed E-state index contributed by atoms with van der Waals surface area (Å²) in [4.78, 5) is 14.9. The zero-order valence-corrected chi connectivity index (χ0v) is 17.1. The first-order valence-electron chi connectivity index (χ1n) is 10.3. The number of likely N-dealkylation sites (tertiary alicyclic amines) is 1. The molecular weight excluding hydrogens is 382 g/mol. The van der Waals surface area contributed by atoms with Gasteiger partial charge in [0.25, 0.3) is 5.91 Å². The molecule has 7 heteroatoms. The number of ether oxygens (including phenoxy) is 1.